The van der Waals surface area contributed by atoms with Gasteiger partial charge in [0.05, 0.1) is 0 Å². The minimum atomic E-state index is 0.762. The number of rotatable bonds is 2. The average Bonchev–Trinajstić information content (AvgIpc) is 2.26. The van der Waals surface area contributed by atoms with Crippen LogP contribution in [0.1, 0.15) is 27.2 Å². The van der Waals surface area contributed by atoms with Crippen LogP contribution < -0.4 is 0 Å². The van der Waals surface area contributed by atoms with Crippen molar-refractivity contribution in [3.63, 3.8) is 0 Å². The second kappa shape index (κ2) is 4.97. The first-order chi connectivity index (χ1) is 6.15. The quantitative estimate of drug-likeness (QED) is 0.644. The Morgan fingerprint density at radius 3 is 2.54 bits per heavy atom. The van der Waals surface area contributed by atoms with E-state index in [2.05, 4.69) is 37.6 Å². The van der Waals surface area contributed by atoms with Gasteiger partial charge < -0.3 is 4.90 Å². The van der Waals surface area contributed by atoms with E-state index in [0.717, 1.165) is 12.0 Å². The molecule has 1 rings (SSSR count). The molecule has 2 nitrogen and oxygen atoms in total. The van der Waals surface area contributed by atoms with E-state index >= 15 is 0 Å². The van der Waals surface area contributed by atoms with Crippen LogP contribution in [0.5, 0.6) is 0 Å². The fourth-order valence-electron chi connectivity index (χ4n) is 2.26. The molecule has 0 aromatic rings. The maximum absolute atomic E-state index is 2.63. The lowest BCUT2D eigenvalue weighted by Gasteiger charge is -2.32. The van der Waals surface area contributed by atoms with E-state index in [0.29, 0.717) is 0 Å². The fraction of sp³-hybridized carbons (Fsp3) is 1.00. The first-order valence-electron chi connectivity index (χ1n) is 5.57. The zero-order valence-electron chi connectivity index (χ0n) is 9.58. The third kappa shape index (κ3) is 2.96. The van der Waals surface area contributed by atoms with E-state index in [1.54, 1.807) is 0 Å². The van der Waals surface area contributed by atoms with Crippen LogP contribution in [-0.2, 0) is 0 Å². The Bertz CT molecular complexity index is 145. The van der Waals surface area contributed by atoms with Gasteiger partial charge in [0.15, 0.2) is 0 Å². The highest BCUT2D eigenvalue weighted by Crippen LogP contribution is 2.15. The van der Waals surface area contributed by atoms with Crippen molar-refractivity contribution < 1.29 is 0 Å². The predicted molar refractivity (Wildman–Crippen MR) is 58.0 cm³/mol. The van der Waals surface area contributed by atoms with Gasteiger partial charge in [0.1, 0.15) is 0 Å². The monoisotopic (exact) mass is 184 g/mol. The van der Waals surface area contributed by atoms with Gasteiger partial charge in [-0.2, -0.15) is 0 Å². The van der Waals surface area contributed by atoms with Crippen LogP contribution in [0.2, 0.25) is 0 Å². The van der Waals surface area contributed by atoms with Crippen molar-refractivity contribution in [3.05, 3.63) is 0 Å². The maximum atomic E-state index is 2.63. The molecule has 0 aromatic carbocycles. The van der Waals surface area contributed by atoms with E-state index in [9.17, 15) is 0 Å². The van der Waals surface area contributed by atoms with Gasteiger partial charge >= 0.3 is 0 Å². The molecule has 0 amide bonds. The highest BCUT2D eigenvalue weighted by atomic mass is 15.2. The number of hydrogen-bond donors (Lipinski definition) is 0. The van der Waals surface area contributed by atoms with E-state index in [4.69, 9.17) is 0 Å². The Labute approximate surface area is 82.9 Å². The number of nitrogens with zero attached hydrogens (tertiary/aromatic N) is 2. The average molecular weight is 184 g/mol. The van der Waals surface area contributed by atoms with Crippen LogP contribution in [0.4, 0.5) is 0 Å². The van der Waals surface area contributed by atoms with Crippen molar-refractivity contribution in [2.45, 2.75) is 33.2 Å². The molecule has 1 fully saturated rings. The first kappa shape index (κ1) is 11.0. The highest BCUT2D eigenvalue weighted by Gasteiger charge is 2.24. The highest BCUT2D eigenvalue weighted by molar-refractivity contribution is 4.80. The van der Waals surface area contributed by atoms with Crippen molar-refractivity contribution in [1.29, 1.82) is 0 Å². The molecule has 0 radical (unpaired) electrons. The molecule has 13 heavy (non-hydrogen) atoms. The lowest BCUT2D eigenvalue weighted by Crippen LogP contribution is -2.43. The van der Waals surface area contributed by atoms with Crippen molar-refractivity contribution >= 4 is 0 Å². The van der Waals surface area contributed by atoms with E-state index in [1.807, 2.05) is 0 Å². The molecule has 1 aliphatic rings. The van der Waals surface area contributed by atoms with Crippen LogP contribution in [0.3, 0.4) is 0 Å². The Balaban J connectivity index is 2.60. The molecule has 1 atom stereocenters. The molecule has 1 saturated heterocycles. The van der Waals surface area contributed by atoms with Gasteiger partial charge in [-0.05, 0) is 39.0 Å². The molecular weight excluding hydrogens is 160 g/mol. The van der Waals surface area contributed by atoms with Crippen LogP contribution in [0.25, 0.3) is 0 Å². The molecule has 1 heterocycles. The summed E-state index contributed by atoms with van der Waals surface area (Å²) in [7, 11) is 2.24. The van der Waals surface area contributed by atoms with Gasteiger partial charge in [-0.25, -0.2) is 0 Å². The van der Waals surface area contributed by atoms with Crippen LogP contribution in [0, 0.1) is 5.92 Å². The zero-order chi connectivity index (χ0) is 9.84. The van der Waals surface area contributed by atoms with Gasteiger partial charge in [0.2, 0.25) is 0 Å². The maximum Gasteiger partial charge on any atom is 0.0245 e. The minimum Gasteiger partial charge on any atom is -0.305 e. The SMILES string of the molecule is CCN1CCCN(C)C[C@H]1C(C)C. The summed E-state index contributed by atoms with van der Waals surface area (Å²) >= 11 is 0. The summed E-state index contributed by atoms with van der Waals surface area (Å²) < 4.78 is 0. The molecule has 0 unspecified atom stereocenters. The molecular formula is C11H24N2. The van der Waals surface area contributed by atoms with Crippen molar-refractivity contribution in [3.8, 4) is 0 Å². The molecule has 0 aliphatic carbocycles. The lowest BCUT2D eigenvalue weighted by atomic mass is 10.0. The summed E-state index contributed by atoms with van der Waals surface area (Å²) in [6.07, 6.45) is 1.33. The van der Waals surface area contributed by atoms with Crippen molar-refractivity contribution in [2.75, 3.05) is 33.2 Å². The summed E-state index contributed by atoms with van der Waals surface area (Å²) in [5.41, 5.74) is 0. The van der Waals surface area contributed by atoms with Crippen molar-refractivity contribution in [1.82, 2.24) is 9.80 Å². The summed E-state index contributed by atoms with van der Waals surface area (Å²) in [6, 6.07) is 0.762. The first-order valence-corrected chi connectivity index (χ1v) is 5.57. The fourth-order valence-corrected chi connectivity index (χ4v) is 2.26. The summed E-state index contributed by atoms with van der Waals surface area (Å²) in [4.78, 5) is 5.11. The smallest absolute Gasteiger partial charge is 0.0245 e. The van der Waals surface area contributed by atoms with E-state index in [1.165, 1.54) is 32.6 Å². The zero-order valence-corrected chi connectivity index (χ0v) is 9.58. The predicted octanol–water partition coefficient (Wildman–Crippen LogP) is 1.67. The van der Waals surface area contributed by atoms with Gasteiger partial charge in [0.25, 0.3) is 0 Å². The molecule has 0 N–H and O–H groups in total. The van der Waals surface area contributed by atoms with E-state index in [-0.39, 0.29) is 0 Å². The molecule has 1 aliphatic heterocycles. The summed E-state index contributed by atoms with van der Waals surface area (Å²) in [5.74, 6) is 0.778. The largest absolute Gasteiger partial charge is 0.305 e. The Morgan fingerprint density at radius 1 is 1.31 bits per heavy atom. The third-order valence-electron chi connectivity index (χ3n) is 3.13. The standard InChI is InChI=1S/C11H24N2/c1-5-13-8-6-7-12(4)9-11(13)10(2)3/h10-11H,5-9H2,1-4H3/t11-/m0/s1. The van der Waals surface area contributed by atoms with Crippen molar-refractivity contribution in [2.24, 2.45) is 5.92 Å². The minimum absolute atomic E-state index is 0.762. The Morgan fingerprint density at radius 2 is 2.00 bits per heavy atom. The Kier molecular flexibility index (Phi) is 4.20. The van der Waals surface area contributed by atoms with Gasteiger partial charge in [-0.1, -0.05) is 20.8 Å². The topological polar surface area (TPSA) is 6.48 Å². The van der Waals surface area contributed by atoms with Gasteiger partial charge in [-0.3, -0.25) is 4.90 Å². The number of hydrogen-bond acceptors (Lipinski definition) is 2. The second-order valence-electron chi connectivity index (χ2n) is 4.56. The van der Waals surface area contributed by atoms with Gasteiger partial charge in [0, 0.05) is 12.6 Å². The van der Waals surface area contributed by atoms with Gasteiger partial charge in [-0.15, -0.1) is 0 Å². The molecule has 0 bridgehead atoms. The van der Waals surface area contributed by atoms with Crippen LogP contribution in [-0.4, -0.2) is 49.1 Å². The molecule has 0 spiro atoms. The Hall–Kier alpha value is -0.0800. The van der Waals surface area contributed by atoms with Crippen LogP contribution >= 0.6 is 0 Å². The molecule has 0 aromatic heterocycles. The van der Waals surface area contributed by atoms with E-state index < -0.39 is 0 Å². The molecule has 0 saturated carbocycles. The normalized spacial score (nSPS) is 27.9. The van der Waals surface area contributed by atoms with Crippen LogP contribution in [0.15, 0.2) is 0 Å². The molecule has 2 heteroatoms. The second-order valence-corrected chi connectivity index (χ2v) is 4.56. The number of likely N-dealkylation sites (N-methyl/N-ethyl adjacent to an activating group) is 2. The summed E-state index contributed by atoms with van der Waals surface area (Å²) in [6.45, 7) is 11.9. The third-order valence-corrected chi connectivity index (χ3v) is 3.13. The molecule has 78 valence electrons. The lowest BCUT2D eigenvalue weighted by molar-refractivity contribution is 0.154. The summed E-state index contributed by atoms with van der Waals surface area (Å²) in [5, 5.41) is 0.